The molecular formula is C21H31N3O5. The summed E-state index contributed by atoms with van der Waals surface area (Å²) in [5.74, 6) is -0.0533. The fourth-order valence-corrected chi connectivity index (χ4v) is 4.18. The summed E-state index contributed by atoms with van der Waals surface area (Å²) in [5.41, 5.74) is 0.890. The highest BCUT2D eigenvalue weighted by Gasteiger charge is 2.44. The lowest BCUT2D eigenvalue weighted by atomic mass is 9.85. The van der Waals surface area contributed by atoms with Crippen molar-refractivity contribution in [3.63, 3.8) is 0 Å². The first-order valence-corrected chi connectivity index (χ1v) is 10.4. The average molecular weight is 405 g/mol. The number of carboxylic acid groups (broad SMARTS) is 1. The quantitative estimate of drug-likeness (QED) is 0.563. The van der Waals surface area contributed by atoms with Gasteiger partial charge in [0.15, 0.2) is 0 Å². The summed E-state index contributed by atoms with van der Waals surface area (Å²) in [7, 11) is 1.44. The number of carboxylic acids is 1. The normalized spacial score (nSPS) is 23.9. The number of piperidine rings is 1. The van der Waals surface area contributed by atoms with Gasteiger partial charge in [0.1, 0.15) is 17.5 Å². The number of methoxy groups -OCH3 is 1. The molecule has 2 aliphatic heterocycles. The molecule has 160 valence electrons. The molecule has 3 rings (SSSR count). The van der Waals surface area contributed by atoms with E-state index < -0.39 is 17.7 Å². The maximum atomic E-state index is 12.5. The van der Waals surface area contributed by atoms with Gasteiger partial charge in [0.25, 0.3) is 0 Å². The van der Waals surface area contributed by atoms with Crippen molar-refractivity contribution in [3.05, 3.63) is 23.4 Å². The molecule has 2 unspecified atom stereocenters. The third kappa shape index (κ3) is 5.45. The Hall–Kier alpha value is -2.19. The number of amides is 1. The van der Waals surface area contributed by atoms with Crippen LogP contribution < -0.4 is 5.32 Å². The van der Waals surface area contributed by atoms with Crippen LogP contribution in [0.1, 0.15) is 49.8 Å². The molecule has 2 aliphatic rings. The summed E-state index contributed by atoms with van der Waals surface area (Å²) in [6, 6.07) is 4.22. The lowest BCUT2D eigenvalue weighted by Gasteiger charge is -2.43. The van der Waals surface area contributed by atoms with Gasteiger partial charge in [0, 0.05) is 38.9 Å². The molecule has 2 atom stereocenters. The summed E-state index contributed by atoms with van der Waals surface area (Å²) in [4.78, 5) is 29.9. The number of unbranched alkanes of at least 4 members (excludes halogenated alkanes) is 1. The van der Waals surface area contributed by atoms with Crippen LogP contribution in [0.3, 0.4) is 0 Å². The molecule has 1 aromatic rings. The summed E-state index contributed by atoms with van der Waals surface area (Å²) in [5, 5.41) is 22.9. The van der Waals surface area contributed by atoms with E-state index in [9.17, 15) is 14.7 Å². The van der Waals surface area contributed by atoms with Gasteiger partial charge in [0.2, 0.25) is 5.91 Å². The van der Waals surface area contributed by atoms with Crippen LogP contribution >= 0.6 is 0 Å². The number of aliphatic hydroxyl groups is 1. The molecule has 29 heavy (non-hydrogen) atoms. The third-order valence-electron chi connectivity index (χ3n) is 5.92. The smallest absolute Gasteiger partial charge is 0.306 e. The Morgan fingerprint density at radius 2 is 2.21 bits per heavy atom. The van der Waals surface area contributed by atoms with Gasteiger partial charge in [-0.05, 0) is 50.2 Å². The number of rotatable bonds is 8. The van der Waals surface area contributed by atoms with Gasteiger partial charge in [-0.1, -0.05) is 6.07 Å². The Bertz CT molecular complexity index is 741. The molecule has 1 fully saturated rings. The molecule has 3 heterocycles. The van der Waals surface area contributed by atoms with Crippen LogP contribution in [0.4, 0.5) is 5.82 Å². The summed E-state index contributed by atoms with van der Waals surface area (Å²) < 4.78 is 5.30. The Labute approximate surface area is 171 Å². The molecule has 0 aromatic carbocycles. The van der Waals surface area contributed by atoms with Crippen molar-refractivity contribution in [2.24, 2.45) is 0 Å². The SMILES string of the molecule is COC1CN(C(=O)CCCCc2ccc3c(n2)NCCC3)CCC1(O)CC(=O)O. The van der Waals surface area contributed by atoms with Crippen LogP contribution in [-0.4, -0.2) is 70.4 Å². The van der Waals surface area contributed by atoms with E-state index in [1.807, 2.05) is 0 Å². The Balaban J connectivity index is 1.43. The van der Waals surface area contributed by atoms with E-state index in [-0.39, 0.29) is 25.3 Å². The number of hydrogen-bond acceptors (Lipinski definition) is 6. The van der Waals surface area contributed by atoms with Crippen molar-refractivity contribution in [3.8, 4) is 0 Å². The van der Waals surface area contributed by atoms with Crippen molar-refractivity contribution in [1.82, 2.24) is 9.88 Å². The molecule has 0 aliphatic carbocycles. The molecule has 1 saturated heterocycles. The molecule has 1 amide bonds. The fourth-order valence-electron chi connectivity index (χ4n) is 4.18. The minimum absolute atomic E-state index is 0.0180. The fraction of sp³-hybridized carbons (Fsp3) is 0.667. The minimum atomic E-state index is -1.43. The second-order valence-corrected chi connectivity index (χ2v) is 8.04. The maximum absolute atomic E-state index is 12.5. The number of ether oxygens (including phenoxy) is 1. The van der Waals surface area contributed by atoms with E-state index in [0.717, 1.165) is 50.2 Å². The second-order valence-electron chi connectivity index (χ2n) is 8.04. The Morgan fingerprint density at radius 1 is 1.38 bits per heavy atom. The zero-order valence-corrected chi connectivity index (χ0v) is 17.0. The van der Waals surface area contributed by atoms with Crippen molar-refractivity contribution in [2.75, 3.05) is 32.1 Å². The van der Waals surface area contributed by atoms with E-state index in [2.05, 4.69) is 22.4 Å². The molecule has 8 nitrogen and oxygen atoms in total. The minimum Gasteiger partial charge on any atom is -0.481 e. The van der Waals surface area contributed by atoms with Crippen LogP contribution in [0.5, 0.6) is 0 Å². The predicted octanol–water partition coefficient (Wildman–Crippen LogP) is 1.61. The number of nitrogens with zero attached hydrogens (tertiary/aromatic N) is 2. The average Bonchev–Trinajstić information content (AvgIpc) is 2.70. The highest BCUT2D eigenvalue weighted by Crippen LogP contribution is 2.29. The first-order chi connectivity index (χ1) is 13.9. The molecular weight excluding hydrogens is 374 g/mol. The monoisotopic (exact) mass is 405 g/mol. The van der Waals surface area contributed by atoms with Crippen molar-refractivity contribution >= 4 is 17.7 Å². The van der Waals surface area contributed by atoms with E-state index in [4.69, 9.17) is 9.84 Å². The molecule has 0 spiro atoms. The third-order valence-corrected chi connectivity index (χ3v) is 5.92. The zero-order valence-electron chi connectivity index (χ0n) is 17.0. The van der Waals surface area contributed by atoms with Crippen LogP contribution in [0.2, 0.25) is 0 Å². The van der Waals surface area contributed by atoms with Crippen molar-refractivity contribution in [1.29, 1.82) is 0 Å². The van der Waals surface area contributed by atoms with E-state index in [0.29, 0.717) is 13.0 Å². The summed E-state index contributed by atoms with van der Waals surface area (Å²) in [6.45, 7) is 1.54. The van der Waals surface area contributed by atoms with Crippen molar-refractivity contribution in [2.45, 2.75) is 63.1 Å². The number of carbonyl (C=O) groups excluding carboxylic acids is 1. The van der Waals surface area contributed by atoms with Crippen LogP contribution in [0.15, 0.2) is 12.1 Å². The molecule has 8 heteroatoms. The van der Waals surface area contributed by atoms with Crippen LogP contribution in [0.25, 0.3) is 0 Å². The lowest BCUT2D eigenvalue weighted by Crippen LogP contribution is -2.58. The van der Waals surface area contributed by atoms with Gasteiger partial charge in [-0.3, -0.25) is 9.59 Å². The van der Waals surface area contributed by atoms with Gasteiger partial charge >= 0.3 is 5.97 Å². The zero-order chi connectivity index (χ0) is 20.9. The summed E-state index contributed by atoms with van der Waals surface area (Å²) >= 11 is 0. The number of aliphatic carboxylic acids is 1. The van der Waals surface area contributed by atoms with E-state index in [1.54, 1.807) is 4.90 Å². The Kier molecular flexibility index (Phi) is 7.08. The van der Waals surface area contributed by atoms with Gasteiger partial charge in [-0.25, -0.2) is 4.98 Å². The van der Waals surface area contributed by atoms with Crippen LogP contribution in [0, 0.1) is 0 Å². The van der Waals surface area contributed by atoms with Gasteiger partial charge < -0.3 is 25.2 Å². The molecule has 0 bridgehead atoms. The molecule has 0 saturated carbocycles. The van der Waals surface area contributed by atoms with Gasteiger partial charge in [-0.15, -0.1) is 0 Å². The summed E-state index contributed by atoms with van der Waals surface area (Å²) in [6.07, 6.45) is 4.25. The molecule has 1 aromatic heterocycles. The van der Waals surface area contributed by atoms with E-state index in [1.165, 1.54) is 12.7 Å². The number of aromatic nitrogens is 1. The topological polar surface area (TPSA) is 112 Å². The molecule has 0 radical (unpaired) electrons. The number of carbonyl (C=O) groups is 2. The lowest BCUT2D eigenvalue weighted by molar-refractivity contribution is -0.167. The van der Waals surface area contributed by atoms with Crippen LogP contribution in [-0.2, 0) is 27.2 Å². The number of anilines is 1. The van der Waals surface area contributed by atoms with E-state index >= 15 is 0 Å². The number of hydrogen-bond donors (Lipinski definition) is 3. The number of nitrogens with one attached hydrogen (secondary N) is 1. The number of fused-ring (bicyclic) bond motifs is 1. The molecule has 3 N–H and O–H groups in total. The maximum Gasteiger partial charge on any atom is 0.306 e. The van der Waals surface area contributed by atoms with Gasteiger partial charge in [0.05, 0.1) is 6.42 Å². The number of pyridine rings is 1. The second kappa shape index (κ2) is 9.54. The largest absolute Gasteiger partial charge is 0.481 e. The standard InChI is InChI=1S/C21H31N3O5/c1-29-17-14-24(12-10-21(17,28)13-19(26)27)18(25)7-3-2-6-16-9-8-15-5-4-11-22-20(15)23-16/h8-9,17,28H,2-7,10-14H2,1H3,(H,22,23)(H,26,27). The predicted molar refractivity (Wildman–Crippen MR) is 108 cm³/mol. The highest BCUT2D eigenvalue weighted by atomic mass is 16.5. The van der Waals surface area contributed by atoms with Crippen molar-refractivity contribution < 1.29 is 24.5 Å². The first-order valence-electron chi connectivity index (χ1n) is 10.4. The number of aryl methyl sites for hydroxylation is 2. The highest BCUT2D eigenvalue weighted by molar-refractivity contribution is 5.76. The van der Waals surface area contributed by atoms with Gasteiger partial charge in [-0.2, -0.15) is 0 Å². The first kappa shape index (κ1) is 21.5. The Morgan fingerprint density at radius 3 is 2.97 bits per heavy atom. The number of likely N-dealkylation sites (tertiary alicyclic amines) is 1.